The van der Waals surface area contributed by atoms with Crippen LogP contribution < -0.4 is 10.6 Å². The van der Waals surface area contributed by atoms with E-state index in [1.165, 1.54) is 24.4 Å². The average Bonchev–Trinajstić information content (AvgIpc) is 3.69. The van der Waals surface area contributed by atoms with Gasteiger partial charge in [-0.1, -0.05) is 37.3 Å². The van der Waals surface area contributed by atoms with Crippen LogP contribution in [0.2, 0.25) is 0 Å². The van der Waals surface area contributed by atoms with Crippen molar-refractivity contribution >= 4 is 33.9 Å². The molecule has 11 heteroatoms. The van der Waals surface area contributed by atoms with Crippen molar-refractivity contribution in [2.75, 3.05) is 18.4 Å². The topological polar surface area (TPSA) is 105 Å². The predicted octanol–water partition coefficient (Wildman–Crippen LogP) is 5.21. The highest BCUT2D eigenvalue weighted by atomic mass is 32.1. The fourth-order valence-electron chi connectivity index (χ4n) is 5.47. The van der Waals surface area contributed by atoms with Crippen LogP contribution in [0, 0.1) is 12.8 Å². The van der Waals surface area contributed by atoms with Crippen molar-refractivity contribution in [3.63, 3.8) is 0 Å². The predicted molar refractivity (Wildman–Crippen MR) is 161 cm³/mol. The van der Waals surface area contributed by atoms with Crippen LogP contribution in [0.15, 0.2) is 61.2 Å². The Morgan fingerprint density at radius 1 is 1.20 bits per heavy atom. The van der Waals surface area contributed by atoms with Crippen LogP contribution in [0.1, 0.15) is 49.7 Å². The van der Waals surface area contributed by atoms with Crippen molar-refractivity contribution < 1.29 is 4.79 Å². The van der Waals surface area contributed by atoms with E-state index in [4.69, 9.17) is 4.98 Å². The number of piperidine rings is 1. The highest BCUT2D eigenvalue weighted by Crippen LogP contribution is 2.28. The van der Waals surface area contributed by atoms with Gasteiger partial charge in [0, 0.05) is 31.0 Å². The van der Waals surface area contributed by atoms with Crippen molar-refractivity contribution in [3.8, 4) is 11.3 Å². The Labute approximate surface area is 243 Å². The molecule has 4 aromatic heterocycles. The summed E-state index contributed by atoms with van der Waals surface area (Å²) in [7, 11) is 0. The second kappa shape index (κ2) is 11.8. The first-order valence-electron chi connectivity index (χ1n) is 14.1. The van der Waals surface area contributed by atoms with E-state index in [1.807, 2.05) is 67.2 Å². The van der Waals surface area contributed by atoms with Gasteiger partial charge in [0.05, 0.1) is 35.5 Å². The Kier molecular flexibility index (Phi) is 7.80. The first-order valence-corrected chi connectivity index (χ1v) is 14.9. The summed E-state index contributed by atoms with van der Waals surface area (Å²) in [4.78, 5) is 24.6. The van der Waals surface area contributed by atoms with Gasteiger partial charge in [-0.25, -0.2) is 9.97 Å². The number of nitrogens with one attached hydrogen (secondary N) is 2. The number of likely N-dealkylation sites (tertiary alicyclic amines) is 1. The highest BCUT2D eigenvalue weighted by molar-refractivity contribution is 7.10. The number of benzene rings is 1. The zero-order valence-corrected chi connectivity index (χ0v) is 24.4. The third kappa shape index (κ3) is 6.31. The van der Waals surface area contributed by atoms with Gasteiger partial charge in [-0.2, -0.15) is 9.47 Å². The molecule has 1 aliphatic heterocycles. The summed E-state index contributed by atoms with van der Waals surface area (Å²) in [6.45, 7) is 9.53. The molecule has 5 heterocycles. The van der Waals surface area contributed by atoms with Gasteiger partial charge in [-0.3, -0.25) is 18.8 Å². The normalized spacial score (nSPS) is 16.6. The number of aryl methyl sites for hydroxylation is 1. The summed E-state index contributed by atoms with van der Waals surface area (Å²) >= 11 is 1.45. The van der Waals surface area contributed by atoms with E-state index in [1.54, 1.807) is 10.9 Å². The van der Waals surface area contributed by atoms with Gasteiger partial charge in [0.15, 0.2) is 11.5 Å². The summed E-state index contributed by atoms with van der Waals surface area (Å²) in [6, 6.07) is 11.9. The van der Waals surface area contributed by atoms with Crippen LogP contribution in [0.25, 0.3) is 16.9 Å². The third-order valence-electron chi connectivity index (χ3n) is 7.45. The second-order valence-corrected chi connectivity index (χ2v) is 11.8. The number of imidazole rings is 1. The SMILES string of the molecule is Cc1cn2c(-c3cnn(CC(=O)N[C@H](C)c4ccccc4)c3)cnc2c(Nc2cc(CN3CCCC(C)C3)ns2)n1. The maximum absolute atomic E-state index is 12.7. The Balaban J connectivity index is 1.15. The molecule has 41 heavy (non-hydrogen) atoms. The third-order valence-corrected chi connectivity index (χ3v) is 8.19. The first-order chi connectivity index (χ1) is 19.9. The molecule has 212 valence electrons. The quantitative estimate of drug-likeness (QED) is 0.251. The largest absolute Gasteiger partial charge is 0.348 e. The molecule has 6 rings (SSSR count). The average molecular weight is 570 g/mol. The summed E-state index contributed by atoms with van der Waals surface area (Å²) in [5.41, 5.74) is 5.46. The van der Waals surface area contributed by atoms with Crippen molar-refractivity contribution in [2.24, 2.45) is 5.92 Å². The number of anilines is 2. The van der Waals surface area contributed by atoms with Crippen LogP contribution in [0.3, 0.4) is 0 Å². The number of carbonyl (C=O) groups is 1. The molecule has 5 aromatic rings. The zero-order valence-electron chi connectivity index (χ0n) is 23.6. The Morgan fingerprint density at radius 3 is 2.88 bits per heavy atom. The van der Waals surface area contributed by atoms with Crippen LogP contribution in [0.5, 0.6) is 0 Å². The zero-order chi connectivity index (χ0) is 28.3. The molecule has 0 bridgehead atoms. The molecular formula is C30H35N9OS. The molecule has 0 saturated carbocycles. The minimum atomic E-state index is -0.0978. The van der Waals surface area contributed by atoms with Crippen LogP contribution in [0.4, 0.5) is 10.8 Å². The number of fused-ring (bicyclic) bond motifs is 1. The van der Waals surface area contributed by atoms with E-state index in [0.29, 0.717) is 11.5 Å². The van der Waals surface area contributed by atoms with Crippen LogP contribution in [-0.4, -0.2) is 52.4 Å². The van der Waals surface area contributed by atoms with Gasteiger partial charge in [0.2, 0.25) is 5.91 Å². The van der Waals surface area contributed by atoms with Crippen molar-refractivity contribution in [1.82, 2.24) is 38.7 Å². The summed E-state index contributed by atoms with van der Waals surface area (Å²) < 4.78 is 8.35. The summed E-state index contributed by atoms with van der Waals surface area (Å²) in [5.74, 6) is 1.33. The first kappa shape index (κ1) is 27.1. The van der Waals surface area contributed by atoms with Gasteiger partial charge >= 0.3 is 0 Å². The van der Waals surface area contributed by atoms with Gasteiger partial charge in [0.25, 0.3) is 0 Å². The lowest BCUT2D eigenvalue weighted by Gasteiger charge is -2.30. The van der Waals surface area contributed by atoms with Crippen LogP contribution in [-0.2, 0) is 17.9 Å². The number of amides is 1. The number of nitrogens with zero attached hydrogens (tertiary/aromatic N) is 7. The van der Waals surface area contributed by atoms with Crippen molar-refractivity contribution in [2.45, 2.75) is 52.7 Å². The van der Waals surface area contributed by atoms with Gasteiger partial charge in [-0.15, -0.1) is 0 Å². The minimum Gasteiger partial charge on any atom is -0.348 e. The molecule has 1 unspecified atom stereocenters. The lowest BCUT2D eigenvalue weighted by atomic mass is 10.0. The molecule has 2 atom stereocenters. The molecule has 1 fully saturated rings. The maximum atomic E-state index is 12.7. The molecule has 0 spiro atoms. The summed E-state index contributed by atoms with van der Waals surface area (Å²) in [6.07, 6.45) is 9.97. The number of hydrogen-bond donors (Lipinski definition) is 2. The number of carbonyl (C=O) groups excluding carboxylic acids is 1. The highest BCUT2D eigenvalue weighted by Gasteiger charge is 2.19. The van der Waals surface area contributed by atoms with E-state index in [9.17, 15) is 4.79 Å². The van der Waals surface area contributed by atoms with E-state index in [-0.39, 0.29) is 18.5 Å². The van der Waals surface area contributed by atoms with Gasteiger partial charge in [0.1, 0.15) is 11.5 Å². The molecule has 10 nitrogen and oxygen atoms in total. The molecule has 1 amide bonds. The Hall–Kier alpha value is -4.09. The van der Waals surface area contributed by atoms with Crippen molar-refractivity contribution in [1.29, 1.82) is 0 Å². The second-order valence-electron chi connectivity index (χ2n) is 11.0. The fraction of sp³-hybridized carbons (Fsp3) is 0.367. The lowest BCUT2D eigenvalue weighted by Crippen LogP contribution is -2.33. The van der Waals surface area contributed by atoms with E-state index >= 15 is 0 Å². The van der Waals surface area contributed by atoms with E-state index in [2.05, 4.69) is 43.0 Å². The monoisotopic (exact) mass is 569 g/mol. The number of aromatic nitrogens is 6. The van der Waals surface area contributed by atoms with Gasteiger partial charge < -0.3 is 10.6 Å². The molecule has 1 aliphatic rings. The molecule has 1 aromatic carbocycles. The maximum Gasteiger partial charge on any atom is 0.242 e. The number of rotatable bonds is 9. The molecule has 0 aliphatic carbocycles. The molecule has 1 saturated heterocycles. The summed E-state index contributed by atoms with van der Waals surface area (Å²) in [5, 5.41) is 11.9. The smallest absolute Gasteiger partial charge is 0.242 e. The Bertz CT molecular complexity index is 1640. The van der Waals surface area contributed by atoms with E-state index in [0.717, 1.165) is 58.8 Å². The number of hydrogen-bond acceptors (Lipinski definition) is 8. The Morgan fingerprint density at radius 2 is 2.05 bits per heavy atom. The van der Waals surface area contributed by atoms with Crippen LogP contribution >= 0.6 is 11.5 Å². The van der Waals surface area contributed by atoms with Crippen molar-refractivity contribution in [3.05, 3.63) is 78.1 Å². The van der Waals surface area contributed by atoms with Gasteiger partial charge in [-0.05, 0) is 62.3 Å². The molecule has 0 radical (unpaired) electrons. The van der Waals surface area contributed by atoms with E-state index < -0.39 is 0 Å². The molecule has 2 N–H and O–H groups in total. The standard InChI is InChI=1S/C30H35N9OS/c1-20-8-7-11-37(15-20)18-25-12-28(41-36-25)35-29-30-31-14-26(39(30)16-21(2)33-29)24-13-32-38(17-24)19-27(40)34-22(3)23-9-5-4-6-10-23/h4-6,9-10,12-14,16-17,20,22H,7-8,11,15,18-19H2,1-3H3,(H,33,35)(H,34,40)/t20?,22-/m1/s1. The fourth-order valence-corrected chi connectivity index (χ4v) is 6.13. The lowest BCUT2D eigenvalue weighted by molar-refractivity contribution is -0.122. The minimum absolute atomic E-state index is 0.0815. The molecular weight excluding hydrogens is 534 g/mol.